The number of aliphatic hydroxyl groups excluding tert-OH is 2. The van der Waals surface area contributed by atoms with Crippen molar-refractivity contribution in [1.29, 1.82) is 0 Å². The Bertz CT molecular complexity index is 435. The molecule has 112 valence electrons. The minimum absolute atomic E-state index is 0.0174. The molecule has 0 aromatic carbocycles. The molecular formula is C11H15FN2O5S. The molecule has 0 aliphatic carbocycles. The molecule has 0 bridgehead atoms. The maximum atomic E-state index is 14.0. The summed E-state index contributed by atoms with van der Waals surface area (Å²) in [6, 6.07) is -0.987. The monoisotopic (exact) mass is 306 g/mol. The van der Waals surface area contributed by atoms with Crippen molar-refractivity contribution < 1.29 is 29.2 Å². The average molecular weight is 306 g/mol. The molecule has 1 amide bonds. The maximum Gasteiger partial charge on any atom is 0.413 e. The van der Waals surface area contributed by atoms with Crippen molar-refractivity contribution in [3.05, 3.63) is 12.7 Å². The summed E-state index contributed by atoms with van der Waals surface area (Å²) >= 11 is 0.959. The summed E-state index contributed by atoms with van der Waals surface area (Å²) in [5.41, 5.74) is -0.757. The van der Waals surface area contributed by atoms with E-state index in [4.69, 9.17) is 14.9 Å². The number of hydrogen-bond acceptors (Lipinski definition) is 6. The number of rotatable bonds is 3. The van der Waals surface area contributed by atoms with E-state index in [0.717, 1.165) is 16.7 Å². The molecule has 1 fully saturated rings. The fourth-order valence-corrected chi connectivity index (χ4v) is 3.25. The van der Waals surface area contributed by atoms with Gasteiger partial charge in [0, 0.05) is 6.54 Å². The zero-order valence-corrected chi connectivity index (χ0v) is 11.2. The number of hydrogen-bond donors (Lipinski definition) is 3. The van der Waals surface area contributed by atoms with Gasteiger partial charge < -0.3 is 20.1 Å². The first-order valence-corrected chi connectivity index (χ1v) is 6.81. The Kier molecular flexibility index (Phi) is 4.63. The molecule has 0 radical (unpaired) electrons. The van der Waals surface area contributed by atoms with Crippen molar-refractivity contribution in [2.45, 2.75) is 29.9 Å². The van der Waals surface area contributed by atoms with Crippen LogP contribution in [0.3, 0.4) is 0 Å². The summed E-state index contributed by atoms with van der Waals surface area (Å²) in [6.07, 6.45) is -4.08. The molecule has 2 aliphatic rings. The van der Waals surface area contributed by atoms with E-state index in [1.165, 1.54) is 6.08 Å². The molecule has 0 aromatic rings. The van der Waals surface area contributed by atoms with Crippen LogP contribution in [0.2, 0.25) is 0 Å². The normalized spacial score (nSPS) is 36.1. The Morgan fingerprint density at radius 2 is 2.35 bits per heavy atom. The van der Waals surface area contributed by atoms with Gasteiger partial charge >= 0.3 is 6.09 Å². The lowest BCUT2D eigenvalue weighted by Crippen LogP contribution is -2.53. The average Bonchev–Trinajstić information content (AvgIpc) is 2.83. The smallest absolute Gasteiger partial charge is 0.413 e. The quantitative estimate of drug-likeness (QED) is 0.636. The Morgan fingerprint density at radius 3 is 2.90 bits per heavy atom. The SMILES string of the molecule is C=CCN(C(=O)O)C1=N[C@@H]2[C@@H](F)[C@H](O)[C@@H](CO)O[C@@H]2S1. The zero-order chi connectivity index (χ0) is 14.9. The van der Waals surface area contributed by atoms with Crippen LogP contribution in [0.4, 0.5) is 9.18 Å². The highest BCUT2D eigenvalue weighted by molar-refractivity contribution is 8.14. The van der Waals surface area contributed by atoms with Gasteiger partial charge in [0.1, 0.15) is 23.7 Å². The van der Waals surface area contributed by atoms with Gasteiger partial charge in [0.2, 0.25) is 0 Å². The number of amides is 1. The Labute approximate surface area is 118 Å². The Morgan fingerprint density at radius 1 is 1.65 bits per heavy atom. The highest BCUT2D eigenvalue weighted by Crippen LogP contribution is 2.38. The van der Waals surface area contributed by atoms with Crippen molar-refractivity contribution >= 4 is 23.0 Å². The standard InChI is InChI=1S/C11H15FN2O5S/c1-2-3-14(11(17)18)10-13-7-6(12)8(16)5(4-15)19-9(7)20-10/h2,5-9,15-16H,1,3-4H2,(H,17,18)/t5-,6-,7-,8-,9-/m1/s1. The Balaban J connectivity index is 2.17. The molecule has 2 rings (SSSR count). The van der Waals surface area contributed by atoms with E-state index in [1.54, 1.807) is 0 Å². The first-order chi connectivity index (χ1) is 9.49. The van der Waals surface area contributed by atoms with Gasteiger partial charge in [-0.1, -0.05) is 17.8 Å². The number of amidine groups is 1. The van der Waals surface area contributed by atoms with E-state index in [9.17, 15) is 14.3 Å². The number of nitrogens with zero attached hydrogens (tertiary/aromatic N) is 2. The van der Waals surface area contributed by atoms with Gasteiger partial charge in [0.25, 0.3) is 0 Å². The Hall–Kier alpha value is -1.16. The molecule has 20 heavy (non-hydrogen) atoms. The summed E-state index contributed by atoms with van der Waals surface area (Å²) in [5.74, 6) is 0. The van der Waals surface area contributed by atoms with Crippen molar-refractivity contribution in [1.82, 2.24) is 4.90 Å². The van der Waals surface area contributed by atoms with Crippen molar-refractivity contribution in [3.8, 4) is 0 Å². The third-order valence-corrected chi connectivity index (χ3v) is 4.21. The van der Waals surface area contributed by atoms with Gasteiger partial charge in [-0.15, -0.1) is 6.58 Å². The summed E-state index contributed by atoms with van der Waals surface area (Å²) in [4.78, 5) is 16.0. The van der Waals surface area contributed by atoms with Crippen molar-refractivity contribution in [2.75, 3.05) is 13.2 Å². The number of aliphatic hydroxyl groups is 2. The highest BCUT2D eigenvalue weighted by atomic mass is 32.2. The highest BCUT2D eigenvalue weighted by Gasteiger charge is 2.50. The van der Waals surface area contributed by atoms with Crippen LogP contribution in [0.15, 0.2) is 17.6 Å². The van der Waals surface area contributed by atoms with Crippen LogP contribution < -0.4 is 0 Å². The van der Waals surface area contributed by atoms with Crippen LogP contribution in [-0.4, -0.2) is 74.5 Å². The van der Waals surface area contributed by atoms with Crippen LogP contribution in [0.5, 0.6) is 0 Å². The number of aliphatic imine (C=N–C) groups is 1. The molecule has 9 heteroatoms. The van der Waals surface area contributed by atoms with Crippen LogP contribution in [0.1, 0.15) is 0 Å². The van der Waals surface area contributed by atoms with Gasteiger partial charge in [0.05, 0.1) is 6.61 Å². The number of alkyl halides is 1. The molecule has 5 atom stereocenters. The second kappa shape index (κ2) is 6.08. The third-order valence-electron chi connectivity index (χ3n) is 3.06. The fraction of sp³-hybridized carbons (Fsp3) is 0.636. The molecule has 0 spiro atoms. The largest absolute Gasteiger partial charge is 0.465 e. The van der Waals surface area contributed by atoms with Gasteiger partial charge in [-0.25, -0.2) is 9.18 Å². The van der Waals surface area contributed by atoms with E-state index in [1.807, 2.05) is 0 Å². The molecule has 7 nitrogen and oxygen atoms in total. The lowest BCUT2D eigenvalue weighted by molar-refractivity contribution is -0.144. The van der Waals surface area contributed by atoms with E-state index in [-0.39, 0.29) is 11.7 Å². The summed E-state index contributed by atoms with van der Waals surface area (Å²) in [5, 5.41) is 27.8. The molecule has 0 aromatic heterocycles. The molecular weight excluding hydrogens is 291 g/mol. The van der Waals surface area contributed by atoms with Crippen LogP contribution in [-0.2, 0) is 4.74 Å². The topological polar surface area (TPSA) is 103 Å². The number of thioether (sulfide) groups is 1. The number of ether oxygens (including phenoxy) is 1. The number of carboxylic acid groups (broad SMARTS) is 1. The van der Waals surface area contributed by atoms with Gasteiger partial charge in [0.15, 0.2) is 11.3 Å². The minimum atomic E-state index is -1.71. The lowest BCUT2D eigenvalue weighted by atomic mass is 10.0. The van der Waals surface area contributed by atoms with E-state index in [0.29, 0.717) is 0 Å². The minimum Gasteiger partial charge on any atom is -0.465 e. The van der Waals surface area contributed by atoms with Crippen LogP contribution in [0, 0.1) is 0 Å². The number of carbonyl (C=O) groups is 1. The van der Waals surface area contributed by atoms with Crippen molar-refractivity contribution in [3.63, 3.8) is 0 Å². The summed E-state index contributed by atoms with van der Waals surface area (Å²) < 4.78 is 19.4. The molecule has 2 aliphatic heterocycles. The third kappa shape index (κ3) is 2.66. The fourth-order valence-electron chi connectivity index (χ4n) is 2.03. The van der Waals surface area contributed by atoms with Crippen LogP contribution >= 0.6 is 11.8 Å². The lowest BCUT2D eigenvalue weighted by Gasteiger charge is -2.36. The van der Waals surface area contributed by atoms with E-state index < -0.39 is 42.6 Å². The number of fused-ring (bicyclic) bond motifs is 1. The second-order valence-electron chi connectivity index (χ2n) is 4.36. The zero-order valence-electron chi connectivity index (χ0n) is 10.4. The summed E-state index contributed by atoms with van der Waals surface area (Å²) in [6.45, 7) is 2.95. The predicted octanol–water partition coefficient (Wildman–Crippen LogP) is 0.0400. The van der Waals surface area contributed by atoms with Gasteiger partial charge in [-0.3, -0.25) is 9.89 Å². The van der Waals surface area contributed by atoms with Gasteiger partial charge in [-0.05, 0) is 0 Å². The second-order valence-corrected chi connectivity index (χ2v) is 5.43. The van der Waals surface area contributed by atoms with Crippen LogP contribution in [0.25, 0.3) is 0 Å². The van der Waals surface area contributed by atoms with Crippen molar-refractivity contribution in [2.24, 2.45) is 4.99 Å². The first-order valence-electron chi connectivity index (χ1n) is 5.93. The number of halogens is 1. The molecule has 1 saturated heterocycles. The van der Waals surface area contributed by atoms with E-state index >= 15 is 0 Å². The molecule has 2 heterocycles. The predicted molar refractivity (Wildman–Crippen MR) is 70.4 cm³/mol. The summed E-state index contributed by atoms with van der Waals surface area (Å²) in [7, 11) is 0. The maximum absolute atomic E-state index is 14.0. The molecule has 0 unspecified atom stereocenters. The molecule has 0 saturated carbocycles. The first kappa shape index (κ1) is 15.2. The van der Waals surface area contributed by atoms with E-state index in [2.05, 4.69) is 11.6 Å². The van der Waals surface area contributed by atoms with Gasteiger partial charge in [-0.2, -0.15) is 0 Å². The molecule has 3 N–H and O–H groups in total.